The molecule has 0 saturated heterocycles. The minimum atomic E-state index is -4.52. The summed E-state index contributed by atoms with van der Waals surface area (Å²) in [5.41, 5.74) is 0.0954. The van der Waals surface area contributed by atoms with E-state index in [1.165, 1.54) is 24.1 Å². The van der Waals surface area contributed by atoms with Crippen molar-refractivity contribution in [1.82, 2.24) is 10.6 Å². The third-order valence-corrected chi connectivity index (χ3v) is 7.93. The first-order valence-corrected chi connectivity index (χ1v) is 14.0. The summed E-state index contributed by atoms with van der Waals surface area (Å²) in [6.07, 6.45) is -5.38. The van der Waals surface area contributed by atoms with Crippen molar-refractivity contribution in [2.45, 2.75) is 56.1 Å². The van der Waals surface area contributed by atoms with E-state index in [1.54, 1.807) is 48.5 Å². The van der Waals surface area contributed by atoms with E-state index in [0.717, 1.165) is 17.7 Å². The Hall–Kier alpha value is -4.51. The van der Waals surface area contributed by atoms with E-state index in [-0.39, 0.29) is 12.1 Å². The van der Waals surface area contributed by atoms with Crippen LogP contribution in [0.15, 0.2) is 83.9 Å². The molecule has 1 fully saturated rings. The fourth-order valence-electron chi connectivity index (χ4n) is 5.56. The van der Waals surface area contributed by atoms with Crippen molar-refractivity contribution in [1.29, 1.82) is 0 Å². The molecule has 1 aliphatic carbocycles. The summed E-state index contributed by atoms with van der Waals surface area (Å²) in [6, 6.07) is 20.2. The third kappa shape index (κ3) is 6.31. The molecule has 1 aliphatic heterocycles. The van der Waals surface area contributed by atoms with Crippen LogP contribution in [0.25, 0.3) is 0 Å². The summed E-state index contributed by atoms with van der Waals surface area (Å²) >= 11 is 0. The first-order chi connectivity index (χ1) is 20.5. The fraction of sp³-hybridized carbons (Fsp3) is 0.312. The summed E-state index contributed by atoms with van der Waals surface area (Å²) in [6.45, 7) is 0. The van der Waals surface area contributed by atoms with E-state index in [4.69, 9.17) is 0 Å². The number of rotatable bonds is 7. The molecule has 0 radical (unpaired) electrons. The number of carbonyl (C=O) groups is 3. The highest BCUT2D eigenvalue weighted by molar-refractivity contribution is 6.20. The van der Waals surface area contributed by atoms with Crippen LogP contribution in [0, 0.1) is 0 Å². The first-order valence-electron chi connectivity index (χ1n) is 14.0. The number of likely N-dealkylation sites (N-methyl/N-ethyl adjacent to an activating group) is 1. The summed E-state index contributed by atoms with van der Waals surface area (Å²) in [5, 5.41) is 16.0. The zero-order valence-corrected chi connectivity index (χ0v) is 23.4. The number of benzodiazepines with no additional fused rings is 1. The topological polar surface area (TPSA) is 111 Å². The average Bonchev–Trinajstić information content (AvgIpc) is 3.45. The van der Waals surface area contributed by atoms with Gasteiger partial charge in [0, 0.05) is 24.6 Å². The van der Waals surface area contributed by atoms with Gasteiger partial charge in [0.1, 0.15) is 11.6 Å². The number of hydrogen-bond acceptors (Lipinski definition) is 5. The van der Waals surface area contributed by atoms with Crippen LogP contribution < -0.4 is 15.5 Å². The molecule has 8 nitrogen and oxygen atoms in total. The summed E-state index contributed by atoms with van der Waals surface area (Å²) in [4.78, 5) is 46.3. The molecular weight excluding hydrogens is 561 g/mol. The quantitative estimate of drug-likeness (QED) is 0.385. The zero-order valence-electron chi connectivity index (χ0n) is 23.4. The molecule has 2 unspecified atom stereocenters. The highest BCUT2D eigenvalue weighted by Gasteiger charge is 2.45. The van der Waals surface area contributed by atoms with Crippen molar-refractivity contribution in [3.05, 3.63) is 101 Å². The third-order valence-electron chi connectivity index (χ3n) is 7.93. The van der Waals surface area contributed by atoms with E-state index >= 15 is 0 Å². The largest absolute Gasteiger partial charge is 0.416 e. The highest BCUT2D eigenvalue weighted by Crippen LogP contribution is 2.33. The van der Waals surface area contributed by atoms with Crippen LogP contribution in [0.3, 0.4) is 0 Å². The van der Waals surface area contributed by atoms with Crippen LogP contribution in [0.2, 0.25) is 0 Å². The highest BCUT2D eigenvalue weighted by atomic mass is 19.4. The number of fused-ring (bicyclic) bond motifs is 1. The van der Waals surface area contributed by atoms with Crippen molar-refractivity contribution in [3.8, 4) is 0 Å². The van der Waals surface area contributed by atoms with Crippen molar-refractivity contribution in [3.63, 3.8) is 0 Å². The lowest BCUT2D eigenvalue weighted by molar-refractivity contribution is -0.138. The average molecular weight is 593 g/mol. The van der Waals surface area contributed by atoms with Crippen molar-refractivity contribution < 1.29 is 32.7 Å². The van der Waals surface area contributed by atoms with Gasteiger partial charge in [-0.25, -0.2) is 4.99 Å². The Morgan fingerprint density at radius 3 is 2.28 bits per heavy atom. The Bertz CT molecular complexity index is 1530. The lowest BCUT2D eigenvalue weighted by Gasteiger charge is -2.31. The maximum absolute atomic E-state index is 13.8. The SMILES string of the molecule is CN1C(=O)C(NC(=O)C2(NC(=O)C(O)Cc3ccccc3)CCCC2)N=C(c2ccc(C(F)(F)F)cc2)c2ccccc21. The molecule has 1 saturated carbocycles. The number of halogens is 3. The number of nitrogens with one attached hydrogen (secondary N) is 2. The van der Waals surface area contributed by atoms with Gasteiger partial charge in [-0.2, -0.15) is 13.2 Å². The van der Waals surface area contributed by atoms with Gasteiger partial charge in [-0.1, -0.05) is 73.5 Å². The maximum Gasteiger partial charge on any atom is 0.416 e. The number of benzene rings is 3. The lowest BCUT2D eigenvalue weighted by atomic mass is 9.95. The van der Waals surface area contributed by atoms with Gasteiger partial charge in [-0.15, -0.1) is 0 Å². The van der Waals surface area contributed by atoms with Crippen LogP contribution in [-0.4, -0.2) is 53.4 Å². The Labute approximate surface area is 246 Å². The van der Waals surface area contributed by atoms with Gasteiger partial charge in [0.25, 0.3) is 5.91 Å². The Morgan fingerprint density at radius 2 is 1.63 bits per heavy atom. The van der Waals surface area contributed by atoms with E-state index in [0.29, 0.717) is 42.5 Å². The van der Waals surface area contributed by atoms with E-state index in [2.05, 4.69) is 15.6 Å². The Balaban J connectivity index is 1.43. The Morgan fingerprint density at radius 1 is 1.00 bits per heavy atom. The number of aliphatic hydroxyl groups excluding tert-OH is 1. The van der Waals surface area contributed by atoms with Crippen LogP contribution in [-0.2, 0) is 27.0 Å². The minimum absolute atomic E-state index is 0.0648. The number of carbonyl (C=O) groups excluding carboxylic acids is 3. The second-order valence-electron chi connectivity index (χ2n) is 10.8. The van der Waals surface area contributed by atoms with Crippen LogP contribution in [0.5, 0.6) is 0 Å². The predicted octanol–water partition coefficient (Wildman–Crippen LogP) is 3.99. The molecule has 3 N–H and O–H groups in total. The molecule has 0 bridgehead atoms. The van der Waals surface area contributed by atoms with Gasteiger partial charge in [0.15, 0.2) is 0 Å². The predicted molar refractivity (Wildman–Crippen MR) is 154 cm³/mol. The molecule has 3 aromatic carbocycles. The van der Waals surface area contributed by atoms with Crippen LogP contribution in [0.4, 0.5) is 18.9 Å². The summed E-state index contributed by atoms with van der Waals surface area (Å²) < 4.78 is 39.7. The molecule has 11 heteroatoms. The standard InChI is InChI=1S/C32H31F3N4O4/c1-39-24-12-6-5-11-23(24)26(21-13-15-22(16-14-21)32(33,34)35)36-27(29(39)42)37-30(43)31(17-7-8-18-31)38-28(41)25(40)19-20-9-3-2-4-10-20/h2-6,9-16,25,27,40H,7-8,17-19H2,1H3,(H,37,43)(H,38,41). The van der Waals surface area contributed by atoms with Gasteiger partial charge >= 0.3 is 6.18 Å². The van der Waals surface area contributed by atoms with Crippen molar-refractivity contribution in [2.24, 2.45) is 4.99 Å². The normalized spacial score (nSPS) is 18.7. The van der Waals surface area contributed by atoms with Crippen LogP contribution in [0.1, 0.15) is 47.9 Å². The van der Waals surface area contributed by atoms with Gasteiger partial charge in [0.05, 0.1) is 17.0 Å². The number of aliphatic imine (C=N–C) groups is 1. The van der Waals surface area contributed by atoms with E-state index in [9.17, 15) is 32.7 Å². The van der Waals surface area contributed by atoms with E-state index in [1.807, 2.05) is 6.07 Å². The molecule has 3 aromatic rings. The van der Waals surface area contributed by atoms with Crippen LogP contribution >= 0.6 is 0 Å². The number of aliphatic hydroxyl groups is 1. The van der Waals surface area contributed by atoms with Crippen molar-refractivity contribution in [2.75, 3.05) is 11.9 Å². The summed E-state index contributed by atoms with van der Waals surface area (Å²) in [5.74, 6) is -1.89. The zero-order chi connectivity index (χ0) is 30.8. The Kier molecular flexibility index (Phi) is 8.36. The van der Waals surface area contributed by atoms with E-state index < -0.39 is 47.3 Å². The monoisotopic (exact) mass is 592 g/mol. The second-order valence-corrected chi connectivity index (χ2v) is 10.8. The lowest BCUT2D eigenvalue weighted by Crippen LogP contribution is -2.61. The number of nitrogens with zero attached hydrogens (tertiary/aromatic N) is 2. The number of alkyl halides is 3. The minimum Gasteiger partial charge on any atom is -0.383 e. The first kappa shape index (κ1) is 30.0. The molecule has 2 aliphatic rings. The smallest absolute Gasteiger partial charge is 0.383 e. The molecule has 43 heavy (non-hydrogen) atoms. The molecule has 0 spiro atoms. The number of amides is 3. The molecule has 224 valence electrons. The molecular formula is C32H31F3N4O4. The number of anilines is 1. The van der Waals surface area contributed by atoms with Crippen molar-refractivity contribution >= 4 is 29.1 Å². The van der Waals surface area contributed by atoms with Gasteiger partial charge in [0.2, 0.25) is 18.0 Å². The number of hydrogen-bond donors (Lipinski definition) is 3. The fourth-order valence-corrected chi connectivity index (χ4v) is 5.56. The van der Waals surface area contributed by atoms with Gasteiger partial charge < -0.3 is 20.6 Å². The molecule has 5 rings (SSSR count). The van der Waals surface area contributed by atoms with Gasteiger partial charge in [-0.05, 0) is 36.6 Å². The number of para-hydroxylation sites is 1. The molecule has 2 atom stereocenters. The maximum atomic E-state index is 13.8. The second kappa shape index (κ2) is 12.0. The van der Waals surface area contributed by atoms with Gasteiger partial charge in [-0.3, -0.25) is 14.4 Å². The summed E-state index contributed by atoms with van der Waals surface area (Å²) in [7, 11) is 1.53. The molecule has 3 amide bonds. The molecule has 0 aromatic heterocycles. The molecule has 1 heterocycles.